The van der Waals surface area contributed by atoms with Gasteiger partial charge in [0, 0.05) is 29.2 Å². The highest BCUT2D eigenvalue weighted by atomic mass is 79.9. The van der Waals surface area contributed by atoms with E-state index in [2.05, 4.69) is 21.2 Å². The quantitative estimate of drug-likeness (QED) is 0.868. The van der Waals surface area contributed by atoms with Crippen LogP contribution in [0.15, 0.2) is 53.0 Å². The van der Waals surface area contributed by atoms with Crippen LogP contribution in [0.5, 0.6) is 0 Å². The van der Waals surface area contributed by atoms with Crippen LogP contribution in [0.1, 0.15) is 15.9 Å². The van der Waals surface area contributed by atoms with Gasteiger partial charge in [-0.15, -0.1) is 0 Å². The monoisotopic (exact) mass is 303 g/mol. The zero-order valence-electron chi connectivity index (χ0n) is 10.1. The van der Waals surface area contributed by atoms with Crippen LogP contribution in [-0.2, 0) is 6.42 Å². The van der Waals surface area contributed by atoms with Gasteiger partial charge >= 0.3 is 0 Å². The number of ketones is 1. The van der Waals surface area contributed by atoms with Crippen molar-refractivity contribution in [2.45, 2.75) is 6.42 Å². The maximum absolute atomic E-state index is 12.2. The highest BCUT2D eigenvalue weighted by Gasteiger charge is 2.10. The van der Waals surface area contributed by atoms with Crippen molar-refractivity contribution in [2.75, 3.05) is 12.4 Å². The molecule has 0 aliphatic carbocycles. The molecule has 3 heteroatoms. The van der Waals surface area contributed by atoms with Crippen LogP contribution in [0, 0.1) is 0 Å². The number of hydrogen-bond donors (Lipinski definition) is 1. The second-order valence-corrected chi connectivity index (χ2v) is 4.94. The fourth-order valence-electron chi connectivity index (χ4n) is 1.83. The largest absolute Gasteiger partial charge is 0.388 e. The summed E-state index contributed by atoms with van der Waals surface area (Å²) in [6, 6.07) is 15.4. The van der Waals surface area contributed by atoms with Gasteiger partial charge in [-0.25, -0.2) is 0 Å². The molecule has 0 atom stereocenters. The first kappa shape index (κ1) is 12.8. The molecule has 18 heavy (non-hydrogen) atoms. The maximum Gasteiger partial charge on any atom is 0.169 e. The van der Waals surface area contributed by atoms with E-state index in [9.17, 15) is 4.79 Å². The van der Waals surface area contributed by atoms with Crippen LogP contribution in [0.25, 0.3) is 0 Å². The summed E-state index contributed by atoms with van der Waals surface area (Å²) < 4.78 is 1.02. The third-order valence-electron chi connectivity index (χ3n) is 2.77. The fourth-order valence-corrected chi connectivity index (χ4v) is 2.09. The molecule has 0 unspecified atom stereocenters. The van der Waals surface area contributed by atoms with Gasteiger partial charge in [-0.2, -0.15) is 0 Å². The summed E-state index contributed by atoms with van der Waals surface area (Å²) in [7, 11) is 1.83. The van der Waals surface area contributed by atoms with Crippen LogP contribution in [0.4, 0.5) is 5.69 Å². The summed E-state index contributed by atoms with van der Waals surface area (Å²) in [6.45, 7) is 0. The van der Waals surface area contributed by atoms with Crippen molar-refractivity contribution in [2.24, 2.45) is 0 Å². The average molecular weight is 304 g/mol. The number of Topliss-reactive ketones (excluding diaryl/α,β-unsaturated/α-hetero) is 1. The van der Waals surface area contributed by atoms with Crippen molar-refractivity contribution in [3.8, 4) is 0 Å². The Hall–Kier alpha value is -1.61. The first-order valence-corrected chi connectivity index (χ1v) is 6.54. The van der Waals surface area contributed by atoms with Gasteiger partial charge in [0.2, 0.25) is 0 Å². The first-order chi connectivity index (χ1) is 8.70. The lowest BCUT2D eigenvalue weighted by molar-refractivity contribution is 0.0994. The van der Waals surface area contributed by atoms with Crippen LogP contribution in [-0.4, -0.2) is 12.8 Å². The molecule has 0 spiro atoms. The third kappa shape index (κ3) is 2.99. The lowest BCUT2D eigenvalue weighted by Crippen LogP contribution is -2.06. The minimum atomic E-state index is 0.127. The second-order valence-electron chi connectivity index (χ2n) is 4.02. The van der Waals surface area contributed by atoms with Gasteiger partial charge in [-0.1, -0.05) is 40.2 Å². The minimum Gasteiger partial charge on any atom is -0.388 e. The molecule has 0 fully saturated rings. The van der Waals surface area contributed by atoms with Gasteiger partial charge in [0.25, 0.3) is 0 Å². The number of para-hydroxylation sites is 1. The average Bonchev–Trinajstić information content (AvgIpc) is 2.41. The van der Waals surface area contributed by atoms with E-state index in [4.69, 9.17) is 0 Å². The van der Waals surface area contributed by atoms with Crippen LogP contribution in [0.3, 0.4) is 0 Å². The summed E-state index contributed by atoms with van der Waals surface area (Å²) in [6.07, 6.45) is 0.423. The summed E-state index contributed by atoms with van der Waals surface area (Å²) in [5, 5.41) is 3.04. The molecular weight excluding hydrogens is 290 g/mol. The van der Waals surface area contributed by atoms with E-state index in [1.165, 1.54) is 0 Å². The number of carbonyl (C=O) groups is 1. The Balaban J connectivity index is 2.19. The lowest BCUT2D eigenvalue weighted by atomic mass is 10.0. The molecule has 1 N–H and O–H groups in total. The van der Waals surface area contributed by atoms with Gasteiger partial charge < -0.3 is 5.32 Å². The highest BCUT2D eigenvalue weighted by molar-refractivity contribution is 9.10. The normalized spacial score (nSPS) is 10.1. The molecule has 0 aliphatic heterocycles. The molecule has 0 heterocycles. The number of hydrogen-bond acceptors (Lipinski definition) is 2. The van der Waals surface area contributed by atoms with Crippen molar-refractivity contribution in [1.29, 1.82) is 0 Å². The number of benzene rings is 2. The number of carbonyl (C=O) groups excluding carboxylic acids is 1. The summed E-state index contributed by atoms with van der Waals surface area (Å²) in [4.78, 5) is 12.2. The Bertz CT molecular complexity index is 549. The number of anilines is 1. The van der Waals surface area contributed by atoms with E-state index in [1.54, 1.807) is 0 Å². The van der Waals surface area contributed by atoms with Crippen LogP contribution >= 0.6 is 15.9 Å². The minimum absolute atomic E-state index is 0.127. The Kier molecular flexibility index (Phi) is 4.15. The topological polar surface area (TPSA) is 29.1 Å². The highest BCUT2D eigenvalue weighted by Crippen LogP contribution is 2.18. The van der Waals surface area contributed by atoms with Gasteiger partial charge in [0.1, 0.15) is 0 Å². The molecule has 0 saturated carbocycles. The van der Waals surface area contributed by atoms with Crippen molar-refractivity contribution in [1.82, 2.24) is 0 Å². The Morgan fingerprint density at radius 1 is 1.11 bits per heavy atom. The molecule has 2 aromatic carbocycles. The van der Waals surface area contributed by atoms with Gasteiger partial charge in [-0.3, -0.25) is 4.79 Å². The smallest absolute Gasteiger partial charge is 0.169 e. The molecule has 0 amide bonds. The predicted octanol–water partition coefficient (Wildman–Crippen LogP) is 3.92. The molecule has 0 radical (unpaired) electrons. The van der Waals surface area contributed by atoms with E-state index in [0.29, 0.717) is 6.42 Å². The maximum atomic E-state index is 12.2. The molecule has 2 nitrogen and oxygen atoms in total. The summed E-state index contributed by atoms with van der Waals surface area (Å²) in [5.41, 5.74) is 2.64. The number of rotatable bonds is 4. The van der Waals surface area contributed by atoms with E-state index in [0.717, 1.165) is 21.3 Å². The lowest BCUT2D eigenvalue weighted by Gasteiger charge is -2.07. The fraction of sp³-hybridized carbons (Fsp3) is 0.133. The zero-order valence-corrected chi connectivity index (χ0v) is 11.7. The van der Waals surface area contributed by atoms with E-state index < -0.39 is 0 Å². The molecule has 0 saturated heterocycles. The molecular formula is C15H14BrNO. The van der Waals surface area contributed by atoms with E-state index >= 15 is 0 Å². The van der Waals surface area contributed by atoms with Crippen molar-refractivity contribution >= 4 is 27.4 Å². The molecule has 2 rings (SSSR count). The Labute approximate surface area is 115 Å². The van der Waals surface area contributed by atoms with Gasteiger partial charge in [-0.05, 0) is 29.8 Å². The van der Waals surface area contributed by atoms with Crippen molar-refractivity contribution in [3.05, 3.63) is 64.1 Å². The Morgan fingerprint density at radius 2 is 1.78 bits per heavy atom. The summed E-state index contributed by atoms with van der Waals surface area (Å²) >= 11 is 3.38. The predicted molar refractivity (Wildman–Crippen MR) is 78.2 cm³/mol. The first-order valence-electron chi connectivity index (χ1n) is 5.75. The summed E-state index contributed by atoms with van der Waals surface area (Å²) in [5.74, 6) is 0.127. The van der Waals surface area contributed by atoms with E-state index in [-0.39, 0.29) is 5.78 Å². The Morgan fingerprint density at radius 3 is 2.44 bits per heavy atom. The van der Waals surface area contributed by atoms with E-state index in [1.807, 2.05) is 55.6 Å². The molecule has 2 aromatic rings. The van der Waals surface area contributed by atoms with Crippen LogP contribution in [0.2, 0.25) is 0 Å². The van der Waals surface area contributed by atoms with Gasteiger partial charge in [0.15, 0.2) is 5.78 Å². The molecule has 0 aromatic heterocycles. The number of halogens is 1. The van der Waals surface area contributed by atoms with Crippen molar-refractivity contribution < 1.29 is 4.79 Å². The van der Waals surface area contributed by atoms with Gasteiger partial charge in [0.05, 0.1) is 0 Å². The number of nitrogens with one attached hydrogen (secondary N) is 1. The molecule has 0 bridgehead atoms. The zero-order chi connectivity index (χ0) is 13.0. The van der Waals surface area contributed by atoms with Crippen LogP contribution < -0.4 is 5.32 Å². The molecule has 0 aliphatic rings. The third-order valence-corrected chi connectivity index (χ3v) is 3.30. The van der Waals surface area contributed by atoms with Crippen molar-refractivity contribution in [3.63, 3.8) is 0 Å². The standard InChI is InChI=1S/C15H14BrNO/c1-17-14-5-3-2-4-13(14)15(18)10-11-6-8-12(16)9-7-11/h2-9,17H,10H2,1H3. The second kappa shape index (κ2) is 5.83. The molecule has 92 valence electrons. The SMILES string of the molecule is CNc1ccccc1C(=O)Cc1ccc(Br)cc1.